The van der Waals surface area contributed by atoms with Crippen molar-refractivity contribution >= 4 is 5.91 Å². The van der Waals surface area contributed by atoms with Crippen LogP contribution in [-0.4, -0.2) is 45.4 Å². The maximum absolute atomic E-state index is 11.8. The van der Waals surface area contributed by atoms with Crippen LogP contribution in [0.5, 0.6) is 0 Å². The number of carbonyl (C=O) groups is 1. The van der Waals surface area contributed by atoms with Gasteiger partial charge in [0.25, 0.3) is 0 Å². The zero-order valence-corrected chi connectivity index (χ0v) is 13.1. The second kappa shape index (κ2) is 6.36. The lowest BCUT2D eigenvalue weighted by Gasteiger charge is -2.26. The third kappa shape index (κ3) is 3.39. The number of amides is 1. The molecule has 2 aromatic heterocycles. The molecule has 1 aliphatic heterocycles. The van der Waals surface area contributed by atoms with Crippen molar-refractivity contribution in [3.63, 3.8) is 0 Å². The van der Waals surface area contributed by atoms with Gasteiger partial charge in [-0.1, -0.05) is 0 Å². The van der Waals surface area contributed by atoms with Crippen molar-refractivity contribution in [3.8, 4) is 0 Å². The van der Waals surface area contributed by atoms with Crippen molar-refractivity contribution in [3.05, 3.63) is 42.4 Å². The van der Waals surface area contributed by atoms with Crippen LogP contribution in [-0.2, 0) is 24.4 Å². The van der Waals surface area contributed by atoms with E-state index in [0.717, 1.165) is 37.8 Å². The molecule has 6 heteroatoms. The summed E-state index contributed by atoms with van der Waals surface area (Å²) in [6, 6.07) is 3.89. The Kier molecular flexibility index (Phi) is 4.29. The van der Waals surface area contributed by atoms with E-state index in [0.29, 0.717) is 12.5 Å². The third-order valence-electron chi connectivity index (χ3n) is 4.09. The van der Waals surface area contributed by atoms with Crippen LogP contribution < -0.4 is 0 Å². The van der Waals surface area contributed by atoms with E-state index < -0.39 is 0 Å². The van der Waals surface area contributed by atoms with Crippen LogP contribution in [0.2, 0.25) is 0 Å². The van der Waals surface area contributed by atoms with Crippen LogP contribution in [0.3, 0.4) is 0 Å². The first kappa shape index (κ1) is 14.8. The average Bonchev–Trinajstić information content (AvgIpc) is 3.07. The molecule has 2 aromatic rings. The van der Waals surface area contributed by atoms with Crippen LogP contribution >= 0.6 is 0 Å². The van der Waals surface area contributed by atoms with Crippen LogP contribution in [0.25, 0.3) is 0 Å². The molecule has 1 amide bonds. The summed E-state index contributed by atoms with van der Waals surface area (Å²) in [5.41, 5.74) is 0. The molecule has 118 valence electrons. The zero-order chi connectivity index (χ0) is 15.5. The molecule has 6 nitrogen and oxygen atoms in total. The van der Waals surface area contributed by atoms with E-state index in [1.165, 1.54) is 0 Å². The molecule has 3 rings (SSSR count). The van der Waals surface area contributed by atoms with Crippen molar-refractivity contribution in [1.29, 1.82) is 0 Å². The highest BCUT2D eigenvalue weighted by molar-refractivity contribution is 5.73. The van der Waals surface area contributed by atoms with Gasteiger partial charge in [0.15, 0.2) is 0 Å². The van der Waals surface area contributed by atoms with E-state index in [2.05, 4.69) is 21.5 Å². The molecule has 0 aliphatic carbocycles. The monoisotopic (exact) mass is 302 g/mol. The molecule has 0 saturated carbocycles. The lowest BCUT2D eigenvalue weighted by atomic mass is 10.1. The fourth-order valence-corrected chi connectivity index (χ4v) is 3.07. The topological polar surface area (TPSA) is 54.5 Å². The Hall–Kier alpha value is -2.08. The number of fused-ring (bicyclic) bond motifs is 1. The summed E-state index contributed by atoms with van der Waals surface area (Å²) in [7, 11) is 2.08. The van der Waals surface area contributed by atoms with E-state index in [1.54, 1.807) is 13.2 Å². The van der Waals surface area contributed by atoms with Gasteiger partial charge in [-0.15, -0.1) is 0 Å². The molecule has 1 unspecified atom stereocenters. The Labute approximate surface area is 130 Å². The summed E-state index contributed by atoms with van der Waals surface area (Å²) < 4.78 is 7.56. The molecule has 1 atom stereocenters. The molecule has 22 heavy (non-hydrogen) atoms. The summed E-state index contributed by atoms with van der Waals surface area (Å²) >= 11 is 0. The summed E-state index contributed by atoms with van der Waals surface area (Å²) in [6.45, 7) is 5.56. The molecular weight excluding hydrogens is 280 g/mol. The van der Waals surface area contributed by atoms with E-state index >= 15 is 0 Å². The van der Waals surface area contributed by atoms with E-state index in [1.807, 2.05) is 29.4 Å². The highest BCUT2D eigenvalue weighted by Gasteiger charge is 2.24. The van der Waals surface area contributed by atoms with Crippen molar-refractivity contribution in [2.24, 2.45) is 5.92 Å². The normalized spacial score (nSPS) is 18.3. The van der Waals surface area contributed by atoms with Crippen molar-refractivity contribution < 1.29 is 9.21 Å². The third-order valence-corrected chi connectivity index (χ3v) is 4.09. The fourth-order valence-electron chi connectivity index (χ4n) is 3.07. The second-order valence-corrected chi connectivity index (χ2v) is 6.04. The first-order chi connectivity index (χ1) is 10.6. The lowest BCUT2D eigenvalue weighted by molar-refractivity contribution is -0.130. The Morgan fingerprint density at radius 1 is 1.50 bits per heavy atom. The van der Waals surface area contributed by atoms with Crippen molar-refractivity contribution in [1.82, 2.24) is 19.4 Å². The smallest absolute Gasteiger partial charge is 0.219 e. The standard InChI is InChI=1S/C16H22N4O2/c1-13(21)20-10-14(9-19-6-5-17-16(19)12-20)8-18(2)11-15-4-3-7-22-15/h3-7,14H,8-12H2,1-2H3. The quantitative estimate of drug-likeness (QED) is 0.860. The number of furan rings is 1. The first-order valence-electron chi connectivity index (χ1n) is 7.58. The number of aromatic nitrogens is 2. The summed E-state index contributed by atoms with van der Waals surface area (Å²) in [5.74, 6) is 2.41. The second-order valence-electron chi connectivity index (χ2n) is 6.04. The van der Waals surface area contributed by atoms with E-state index in [-0.39, 0.29) is 5.91 Å². The Morgan fingerprint density at radius 3 is 3.09 bits per heavy atom. The molecule has 0 bridgehead atoms. The van der Waals surface area contributed by atoms with Crippen molar-refractivity contribution in [2.75, 3.05) is 20.1 Å². The molecule has 0 radical (unpaired) electrons. The predicted octanol–water partition coefficient (Wildman–Crippen LogP) is 1.59. The molecular formula is C16H22N4O2. The fraction of sp³-hybridized carbons (Fsp3) is 0.500. The highest BCUT2D eigenvalue weighted by Crippen LogP contribution is 2.17. The van der Waals surface area contributed by atoms with Crippen LogP contribution in [0.1, 0.15) is 18.5 Å². The largest absolute Gasteiger partial charge is 0.468 e. The van der Waals surface area contributed by atoms with E-state index in [4.69, 9.17) is 4.42 Å². The van der Waals surface area contributed by atoms with Crippen molar-refractivity contribution in [2.45, 2.75) is 26.6 Å². The first-order valence-corrected chi connectivity index (χ1v) is 7.58. The number of carbonyl (C=O) groups excluding carboxylic acids is 1. The van der Waals surface area contributed by atoms with Gasteiger partial charge in [-0.2, -0.15) is 0 Å². The zero-order valence-electron chi connectivity index (χ0n) is 13.1. The minimum absolute atomic E-state index is 0.107. The van der Waals surface area contributed by atoms with E-state index in [9.17, 15) is 4.79 Å². The van der Waals surface area contributed by atoms with Gasteiger partial charge in [0.05, 0.1) is 19.4 Å². The molecule has 0 saturated heterocycles. The SMILES string of the molecule is CC(=O)N1Cc2nccn2CC(CN(C)Cc2ccco2)C1. The lowest BCUT2D eigenvalue weighted by Crippen LogP contribution is -2.37. The van der Waals surface area contributed by atoms with Crippen LogP contribution in [0.4, 0.5) is 0 Å². The van der Waals surface area contributed by atoms with Gasteiger partial charge in [-0.25, -0.2) is 4.98 Å². The Bertz CT molecular complexity index is 620. The minimum Gasteiger partial charge on any atom is -0.468 e. The summed E-state index contributed by atoms with van der Waals surface area (Å²) in [5, 5.41) is 0. The van der Waals surface area contributed by atoms with Gasteiger partial charge in [0, 0.05) is 44.9 Å². The number of hydrogen-bond donors (Lipinski definition) is 0. The number of nitrogens with zero attached hydrogens (tertiary/aromatic N) is 4. The number of imidazole rings is 1. The Morgan fingerprint density at radius 2 is 2.36 bits per heavy atom. The Balaban J connectivity index is 1.68. The number of rotatable bonds is 4. The predicted molar refractivity (Wildman–Crippen MR) is 81.9 cm³/mol. The molecule has 1 aliphatic rings. The van der Waals surface area contributed by atoms with Gasteiger partial charge < -0.3 is 13.9 Å². The van der Waals surface area contributed by atoms with Gasteiger partial charge >= 0.3 is 0 Å². The van der Waals surface area contributed by atoms with Gasteiger partial charge in [0.2, 0.25) is 5.91 Å². The molecule has 0 fully saturated rings. The summed E-state index contributed by atoms with van der Waals surface area (Å²) in [4.78, 5) is 20.3. The van der Waals surface area contributed by atoms with Gasteiger partial charge in [-0.05, 0) is 19.2 Å². The average molecular weight is 302 g/mol. The highest BCUT2D eigenvalue weighted by atomic mass is 16.3. The maximum atomic E-state index is 11.8. The minimum atomic E-state index is 0.107. The van der Waals surface area contributed by atoms with Gasteiger partial charge in [-0.3, -0.25) is 9.69 Å². The van der Waals surface area contributed by atoms with Crippen LogP contribution in [0.15, 0.2) is 35.2 Å². The van der Waals surface area contributed by atoms with Gasteiger partial charge in [0.1, 0.15) is 11.6 Å². The molecule has 0 aromatic carbocycles. The molecule has 3 heterocycles. The maximum Gasteiger partial charge on any atom is 0.219 e. The van der Waals surface area contributed by atoms with Crippen LogP contribution in [0, 0.1) is 5.92 Å². The summed E-state index contributed by atoms with van der Waals surface area (Å²) in [6.07, 6.45) is 5.51. The molecule has 0 N–H and O–H groups in total. The number of hydrogen-bond acceptors (Lipinski definition) is 4. The molecule has 0 spiro atoms.